The van der Waals surface area contributed by atoms with Gasteiger partial charge in [0, 0.05) is 6.21 Å². The second kappa shape index (κ2) is 9.75. The van der Waals surface area contributed by atoms with Crippen LogP contribution in [0.15, 0.2) is 29.4 Å². The molecule has 0 unspecified atom stereocenters. The van der Waals surface area contributed by atoms with Gasteiger partial charge in [-0.15, -0.1) is 0 Å². The lowest BCUT2D eigenvalue weighted by molar-refractivity contribution is 0.247. The smallest absolute Gasteiger partial charge is 0.109 e. The molecule has 30 heavy (non-hydrogen) atoms. The zero-order valence-corrected chi connectivity index (χ0v) is 18.3. The highest BCUT2D eigenvalue weighted by molar-refractivity contribution is 6.36. The van der Waals surface area contributed by atoms with E-state index >= 15 is 0 Å². The zero-order chi connectivity index (χ0) is 20.9. The summed E-state index contributed by atoms with van der Waals surface area (Å²) in [4.78, 5) is 16.7. The monoisotopic (exact) mass is 406 g/mol. The predicted molar refractivity (Wildman–Crippen MR) is 124 cm³/mol. The Labute approximate surface area is 179 Å². The molecule has 1 aromatic heterocycles. The van der Waals surface area contributed by atoms with Crippen LogP contribution >= 0.6 is 0 Å². The molecule has 0 radical (unpaired) electrons. The number of piperidine rings is 1. The van der Waals surface area contributed by atoms with Crippen molar-refractivity contribution in [3.05, 3.63) is 35.7 Å². The summed E-state index contributed by atoms with van der Waals surface area (Å²) in [5.74, 6) is 1.38. The molecule has 0 amide bonds. The van der Waals surface area contributed by atoms with Crippen molar-refractivity contribution < 1.29 is 0 Å². The van der Waals surface area contributed by atoms with Crippen LogP contribution in [-0.4, -0.2) is 66.6 Å². The Balaban J connectivity index is 1.46. The van der Waals surface area contributed by atoms with Gasteiger partial charge in [-0.1, -0.05) is 6.07 Å². The Morgan fingerprint density at radius 2 is 2.07 bits per heavy atom. The van der Waals surface area contributed by atoms with E-state index in [0.717, 1.165) is 55.1 Å². The molecule has 2 fully saturated rings. The first-order chi connectivity index (χ1) is 14.7. The first kappa shape index (κ1) is 21.1. The Morgan fingerprint density at radius 3 is 2.80 bits per heavy atom. The van der Waals surface area contributed by atoms with Gasteiger partial charge in [-0.25, -0.2) is 4.98 Å². The normalized spacial score (nSPS) is 23.5. The van der Waals surface area contributed by atoms with Gasteiger partial charge in [-0.2, -0.15) is 0 Å². The number of fused-ring (bicyclic) bond motifs is 1. The second-order valence-corrected chi connectivity index (χ2v) is 8.98. The third-order valence-electron chi connectivity index (χ3n) is 6.73. The van der Waals surface area contributed by atoms with E-state index in [-0.39, 0.29) is 0 Å². The van der Waals surface area contributed by atoms with Gasteiger partial charge in [0.05, 0.1) is 23.3 Å². The van der Waals surface area contributed by atoms with E-state index < -0.39 is 0 Å². The standard InChI is InChI=1S/C24H34N6/c1-26-9-3-4-17-12-20(13-17)28-23(15-25)24-16-27-21-6-5-19(14-22(21)29-24)18-7-10-30(2)11-8-18/h5-6,14-18,20,25-26H,3-4,7-13H2,1-2H3. The highest BCUT2D eigenvalue weighted by Crippen LogP contribution is 2.34. The SMILES string of the molecule is CNCCCC1CC(N=C(C=N)c2cnc3ccc(C4CCN(C)CC4)cc3n2)C1. The molecule has 1 saturated heterocycles. The molecule has 2 aliphatic rings. The van der Waals surface area contributed by atoms with Crippen LogP contribution in [0.25, 0.3) is 11.0 Å². The molecule has 1 aliphatic carbocycles. The fourth-order valence-corrected chi connectivity index (χ4v) is 4.73. The highest BCUT2D eigenvalue weighted by Gasteiger charge is 2.28. The summed E-state index contributed by atoms with van der Waals surface area (Å²) >= 11 is 0. The lowest BCUT2D eigenvalue weighted by atomic mass is 9.78. The number of likely N-dealkylation sites (tertiary alicyclic amines) is 1. The number of benzene rings is 1. The van der Waals surface area contributed by atoms with Crippen LogP contribution in [0.3, 0.4) is 0 Å². The number of hydrogen-bond acceptors (Lipinski definition) is 6. The fraction of sp³-hybridized carbons (Fsp3) is 0.583. The molecular weight excluding hydrogens is 372 g/mol. The number of hydrogen-bond donors (Lipinski definition) is 2. The average molecular weight is 407 g/mol. The summed E-state index contributed by atoms with van der Waals surface area (Å²) in [6, 6.07) is 6.82. The lowest BCUT2D eigenvalue weighted by Crippen LogP contribution is -2.29. The van der Waals surface area contributed by atoms with Crippen molar-refractivity contribution in [2.24, 2.45) is 10.9 Å². The third-order valence-corrected chi connectivity index (χ3v) is 6.73. The molecule has 0 spiro atoms. The predicted octanol–water partition coefficient (Wildman–Crippen LogP) is 3.66. The third kappa shape index (κ3) is 4.93. The van der Waals surface area contributed by atoms with Gasteiger partial charge in [0.25, 0.3) is 0 Å². The average Bonchev–Trinajstić information content (AvgIpc) is 2.74. The van der Waals surface area contributed by atoms with Crippen LogP contribution < -0.4 is 5.32 Å². The number of aliphatic imine (C=N–C) groups is 1. The fourth-order valence-electron chi connectivity index (χ4n) is 4.73. The van der Waals surface area contributed by atoms with Crippen molar-refractivity contribution in [2.75, 3.05) is 33.7 Å². The Hall–Kier alpha value is -2.18. The molecule has 0 bridgehead atoms. The van der Waals surface area contributed by atoms with Gasteiger partial charge in [0.2, 0.25) is 0 Å². The van der Waals surface area contributed by atoms with Gasteiger partial charge in [0.1, 0.15) is 11.4 Å². The number of rotatable bonds is 8. The van der Waals surface area contributed by atoms with E-state index in [9.17, 15) is 0 Å². The van der Waals surface area contributed by atoms with Gasteiger partial charge in [-0.3, -0.25) is 9.98 Å². The Bertz CT molecular complexity index is 894. The van der Waals surface area contributed by atoms with E-state index in [1.807, 2.05) is 7.05 Å². The summed E-state index contributed by atoms with van der Waals surface area (Å²) in [7, 11) is 4.20. The molecule has 4 rings (SSSR count). The Morgan fingerprint density at radius 1 is 1.27 bits per heavy atom. The van der Waals surface area contributed by atoms with Crippen molar-refractivity contribution >= 4 is 23.0 Å². The van der Waals surface area contributed by atoms with Gasteiger partial charge >= 0.3 is 0 Å². The van der Waals surface area contributed by atoms with E-state index in [4.69, 9.17) is 15.4 Å². The van der Waals surface area contributed by atoms with Crippen LogP contribution in [0, 0.1) is 11.3 Å². The summed E-state index contributed by atoms with van der Waals surface area (Å²) in [6.45, 7) is 3.38. The van der Waals surface area contributed by atoms with Crippen molar-refractivity contribution in [1.29, 1.82) is 5.41 Å². The van der Waals surface area contributed by atoms with Crippen molar-refractivity contribution in [1.82, 2.24) is 20.2 Å². The van der Waals surface area contributed by atoms with E-state index in [0.29, 0.717) is 17.7 Å². The number of nitrogens with zero attached hydrogens (tertiary/aromatic N) is 4. The maximum atomic E-state index is 7.87. The summed E-state index contributed by atoms with van der Waals surface area (Å²) in [6.07, 6.45) is 10.2. The van der Waals surface area contributed by atoms with Gasteiger partial charge in [-0.05, 0) is 102 Å². The molecule has 0 atom stereocenters. The second-order valence-electron chi connectivity index (χ2n) is 8.98. The lowest BCUT2D eigenvalue weighted by Gasteiger charge is -2.33. The molecule has 2 aromatic rings. The number of aromatic nitrogens is 2. The molecule has 1 aromatic carbocycles. The molecule has 6 nitrogen and oxygen atoms in total. The van der Waals surface area contributed by atoms with E-state index in [2.05, 4.69) is 40.4 Å². The van der Waals surface area contributed by atoms with Gasteiger partial charge in [0.15, 0.2) is 0 Å². The molecule has 160 valence electrons. The summed E-state index contributed by atoms with van der Waals surface area (Å²) in [5, 5.41) is 11.1. The minimum Gasteiger partial charge on any atom is -0.320 e. The number of nitrogens with one attached hydrogen (secondary N) is 2. The molecule has 6 heteroatoms. The molecular formula is C24H34N6. The zero-order valence-electron chi connectivity index (χ0n) is 18.3. The summed E-state index contributed by atoms with van der Waals surface area (Å²) in [5.41, 5.74) is 4.56. The first-order valence-corrected chi connectivity index (χ1v) is 11.3. The van der Waals surface area contributed by atoms with Crippen LogP contribution in [0.4, 0.5) is 0 Å². The van der Waals surface area contributed by atoms with Crippen molar-refractivity contribution in [2.45, 2.75) is 50.5 Å². The summed E-state index contributed by atoms with van der Waals surface area (Å²) < 4.78 is 0. The maximum Gasteiger partial charge on any atom is 0.109 e. The van der Waals surface area contributed by atoms with Crippen molar-refractivity contribution in [3.8, 4) is 0 Å². The molecule has 1 saturated carbocycles. The van der Waals surface area contributed by atoms with E-state index in [1.165, 1.54) is 37.5 Å². The quantitative estimate of drug-likeness (QED) is 0.518. The highest BCUT2D eigenvalue weighted by atomic mass is 15.1. The molecule has 2 heterocycles. The minimum atomic E-state index is 0.323. The maximum absolute atomic E-state index is 7.87. The topological polar surface area (TPSA) is 77.3 Å². The van der Waals surface area contributed by atoms with Crippen LogP contribution in [-0.2, 0) is 0 Å². The van der Waals surface area contributed by atoms with Crippen LogP contribution in [0.1, 0.15) is 55.7 Å². The molecule has 1 aliphatic heterocycles. The van der Waals surface area contributed by atoms with Gasteiger partial charge < -0.3 is 15.6 Å². The first-order valence-electron chi connectivity index (χ1n) is 11.3. The van der Waals surface area contributed by atoms with Crippen LogP contribution in [0.2, 0.25) is 0 Å². The largest absolute Gasteiger partial charge is 0.320 e. The van der Waals surface area contributed by atoms with Crippen LogP contribution in [0.5, 0.6) is 0 Å². The minimum absolute atomic E-state index is 0.323. The molecule has 2 N–H and O–H groups in total. The van der Waals surface area contributed by atoms with Crippen molar-refractivity contribution in [3.63, 3.8) is 0 Å². The van der Waals surface area contributed by atoms with E-state index in [1.54, 1.807) is 6.20 Å². The Kier molecular flexibility index (Phi) is 6.85.